The van der Waals surface area contributed by atoms with Crippen LogP contribution in [-0.2, 0) is 4.79 Å². The van der Waals surface area contributed by atoms with Gasteiger partial charge in [-0.1, -0.05) is 13.8 Å². The molecule has 0 saturated carbocycles. The van der Waals surface area contributed by atoms with Crippen molar-refractivity contribution in [3.05, 3.63) is 0 Å². The molecule has 3 rings (SSSR count). The summed E-state index contributed by atoms with van der Waals surface area (Å²) in [6, 6.07) is 0.750. The van der Waals surface area contributed by atoms with Crippen molar-refractivity contribution in [3.8, 4) is 0 Å². The van der Waals surface area contributed by atoms with E-state index in [2.05, 4.69) is 29.4 Å². The van der Waals surface area contributed by atoms with Crippen LogP contribution in [0.1, 0.15) is 46.0 Å². The van der Waals surface area contributed by atoms with E-state index >= 15 is 0 Å². The summed E-state index contributed by atoms with van der Waals surface area (Å²) in [6.45, 7) is 8.15. The SMILES string of the molecule is CC(C)CNC(=O)N1CCCC(C(=O)N2C3CCNCC2CC3)C1.Cl. The van der Waals surface area contributed by atoms with Gasteiger partial charge in [-0.15, -0.1) is 12.4 Å². The Balaban J connectivity index is 0.00000225. The average Bonchev–Trinajstić information content (AvgIpc) is 2.84. The Bertz CT molecular complexity index is 460. The Morgan fingerprint density at radius 3 is 2.68 bits per heavy atom. The molecule has 2 N–H and O–H groups in total. The van der Waals surface area contributed by atoms with Crippen LogP contribution in [0.5, 0.6) is 0 Å². The summed E-state index contributed by atoms with van der Waals surface area (Å²) < 4.78 is 0. The van der Waals surface area contributed by atoms with Crippen LogP contribution >= 0.6 is 12.4 Å². The lowest BCUT2D eigenvalue weighted by Crippen LogP contribution is -2.52. The Morgan fingerprint density at radius 1 is 1.16 bits per heavy atom. The van der Waals surface area contributed by atoms with Gasteiger partial charge in [0.1, 0.15) is 0 Å². The number of likely N-dealkylation sites (tertiary alicyclic amines) is 1. The molecule has 0 spiro atoms. The molecule has 2 bridgehead atoms. The third-order valence-corrected chi connectivity index (χ3v) is 5.63. The highest BCUT2D eigenvalue weighted by molar-refractivity contribution is 5.85. The quantitative estimate of drug-likeness (QED) is 0.794. The number of carbonyl (C=O) groups excluding carboxylic acids is 2. The molecule has 0 aliphatic carbocycles. The monoisotopic (exact) mass is 372 g/mol. The summed E-state index contributed by atoms with van der Waals surface area (Å²) >= 11 is 0. The fourth-order valence-electron chi connectivity index (χ4n) is 4.32. The standard InChI is InChI=1S/C18H32N4O2.ClH/c1-13(2)10-20-18(24)21-9-3-4-14(12-21)17(23)22-15-5-6-16(22)11-19-8-7-15;/h13-16,19H,3-12H2,1-2H3,(H,20,24);1H. The normalized spacial score (nSPS) is 29.2. The number of nitrogens with zero attached hydrogens (tertiary/aromatic N) is 2. The number of nitrogens with one attached hydrogen (secondary N) is 2. The van der Waals surface area contributed by atoms with Gasteiger partial charge in [0.15, 0.2) is 0 Å². The van der Waals surface area contributed by atoms with E-state index in [1.54, 1.807) is 0 Å². The lowest BCUT2D eigenvalue weighted by atomic mass is 9.96. The van der Waals surface area contributed by atoms with Crippen molar-refractivity contribution < 1.29 is 9.59 Å². The fourth-order valence-corrected chi connectivity index (χ4v) is 4.32. The zero-order valence-electron chi connectivity index (χ0n) is 15.5. The number of urea groups is 1. The second-order valence-corrected chi connectivity index (χ2v) is 7.99. The van der Waals surface area contributed by atoms with Crippen LogP contribution in [-0.4, -0.2) is 66.5 Å². The Labute approximate surface area is 157 Å². The molecule has 3 fully saturated rings. The van der Waals surface area contributed by atoms with Gasteiger partial charge < -0.3 is 20.4 Å². The minimum atomic E-state index is -0.0234. The third-order valence-electron chi connectivity index (χ3n) is 5.63. The molecule has 0 aromatic rings. The predicted octanol–water partition coefficient (Wildman–Crippen LogP) is 1.84. The maximum atomic E-state index is 13.1. The summed E-state index contributed by atoms with van der Waals surface area (Å²) in [5.74, 6) is 0.703. The van der Waals surface area contributed by atoms with Crippen LogP contribution in [0, 0.1) is 11.8 Å². The topological polar surface area (TPSA) is 64.7 Å². The van der Waals surface area contributed by atoms with E-state index in [1.165, 1.54) is 0 Å². The number of amides is 3. The van der Waals surface area contributed by atoms with Crippen LogP contribution < -0.4 is 10.6 Å². The van der Waals surface area contributed by atoms with E-state index in [0.717, 1.165) is 51.7 Å². The summed E-state index contributed by atoms with van der Waals surface area (Å²) in [6.07, 6.45) is 5.16. The first-order valence-corrected chi connectivity index (χ1v) is 9.62. The van der Waals surface area contributed by atoms with Crippen molar-refractivity contribution in [3.63, 3.8) is 0 Å². The van der Waals surface area contributed by atoms with Gasteiger partial charge in [0.05, 0.1) is 5.92 Å². The maximum Gasteiger partial charge on any atom is 0.317 e. The first-order valence-electron chi connectivity index (χ1n) is 9.62. The third kappa shape index (κ3) is 4.79. The predicted molar refractivity (Wildman–Crippen MR) is 101 cm³/mol. The van der Waals surface area contributed by atoms with E-state index < -0.39 is 0 Å². The molecule has 3 heterocycles. The van der Waals surface area contributed by atoms with Gasteiger partial charge in [-0.05, 0) is 44.6 Å². The molecule has 0 aromatic heterocycles. The van der Waals surface area contributed by atoms with Gasteiger partial charge in [-0.25, -0.2) is 4.79 Å². The molecular weight excluding hydrogens is 340 g/mol. The number of fused-ring (bicyclic) bond motifs is 2. The number of carbonyl (C=O) groups is 2. The van der Waals surface area contributed by atoms with E-state index in [0.29, 0.717) is 31.1 Å². The Kier molecular flexibility index (Phi) is 7.37. The summed E-state index contributed by atoms with van der Waals surface area (Å²) in [7, 11) is 0. The van der Waals surface area contributed by atoms with Gasteiger partial charge >= 0.3 is 6.03 Å². The van der Waals surface area contributed by atoms with Gasteiger partial charge in [0.25, 0.3) is 0 Å². The molecule has 6 nitrogen and oxygen atoms in total. The largest absolute Gasteiger partial charge is 0.338 e. The second-order valence-electron chi connectivity index (χ2n) is 7.99. The van der Waals surface area contributed by atoms with E-state index in [9.17, 15) is 9.59 Å². The number of halogens is 1. The van der Waals surface area contributed by atoms with Gasteiger partial charge in [0, 0.05) is 38.3 Å². The lowest BCUT2D eigenvalue weighted by Gasteiger charge is -2.37. The lowest BCUT2D eigenvalue weighted by molar-refractivity contribution is -0.139. The highest BCUT2D eigenvalue weighted by Gasteiger charge is 2.41. The van der Waals surface area contributed by atoms with Crippen molar-refractivity contribution in [1.82, 2.24) is 20.4 Å². The fraction of sp³-hybridized carbons (Fsp3) is 0.889. The highest BCUT2D eigenvalue weighted by atomic mass is 35.5. The van der Waals surface area contributed by atoms with E-state index in [1.807, 2.05) is 4.90 Å². The molecular formula is C18H33ClN4O2. The maximum absolute atomic E-state index is 13.1. The molecule has 3 aliphatic heterocycles. The molecule has 3 amide bonds. The van der Waals surface area contributed by atoms with Gasteiger partial charge in [0.2, 0.25) is 5.91 Å². The number of rotatable bonds is 3. The number of hydrogen-bond acceptors (Lipinski definition) is 3. The van der Waals surface area contributed by atoms with Crippen LogP contribution in [0.15, 0.2) is 0 Å². The molecule has 0 aromatic carbocycles. The average molecular weight is 373 g/mol. The van der Waals surface area contributed by atoms with Crippen molar-refractivity contribution >= 4 is 24.3 Å². The number of hydrogen-bond donors (Lipinski definition) is 2. The molecule has 3 unspecified atom stereocenters. The van der Waals surface area contributed by atoms with Crippen LogP contribution in [0.2, 0.25) is 0 Å². The molecule has 7 heteroatoms. The smallest absolute Gasteiger partial charge is 0.317 e. The molecule has 25 heavy (non-hydrogen) atoms. The minimum absolute atomic E-state index is 0. The first kappa shape index (κ1) is 20.3. The zero-order chi connectivity index (χ0) is 17.1. The van der Waals surface area contributed by atoms with Crippen LogP contribution in [0.4, 0.5) is 4.79 Å². The van der Waals surface area contributed by atoms with E-state index in [4.69, 9.17) is 0 Å². The first-order chi connectivity index (χ1) is 11.6. The van der Waals surface area contributed by atoms with Crippen molar-refractivity contribution in [2.24, 2.45) is 11.8 Å². The summed E-state index contributed by atoms with van der Waals surface area (Å²) in [5, 5.41) is 6.44. The number of piperidine rings is 1. The van der Waals surface area contributed by atoms with E-state index in [-0.39, 0.29) is 30.3 Å². The van der Waals surface area contributed by atoms with Crippen LogP contribution in [0.3, 0.4) is 0 Å². The second kappa shape index (κ2) is 9.08. The molecule has 3 aliphatic rings. The molecule has 3 atom stereocenters. The molecule has 144 valence electrons. The van der Waals surface area contributed by atoms with Crippen molar-refractivity contribution in [1.29, 1.82) is 0 Å². The highest BCUT2D eigenvalue weighted by Crippen LogP contribution is 2.31. The Hall–Kier alpha value is -1.01. The van der Waals surface area contributed by atoms with Gasteiger partial charge in [-0.3, -0.25) is 4.79 Å². The van der Waals surface area contributed by atoms with Crippen LogP contribution in [0.25, 0.3) is 0 Å². The minimum Gasteiger partial charge on any atom is -0.338 e. The summed E-state index contributed by atoms with van der Waals surface area (Å²) in [5.41, 5.74) is 0. The zero-order valence-corrected chi connectivity index (χ0v) is 16.3. The molecule has 0 radical (unpaired) electrons. The van der Waals surface area contributed by atoms with Crippen molar-refractivity contribution in [2.75, 3.05) is 32.7 Å². The Morgan fingerprint density at radius 2 is 1.92 bits per heavy atom. The van der Waals surface area contributed by atoms with Gasteiger partial charge in [-0.2, -0.15) is 0 Å². The molecule has 3 saturated heterocycles. The summed E-state index contributed by atoms with van der Waals surface area (Å²) in [4.78, 5) is 29.5. The van der Waals surface area contributed by atoms with Crippen molar-refractivity contribution in [2.45, 2.75) is 58.0 Å².